The van der Waals surface area contributed by atoms with Crippen LogP contribution in [0.2, 0.25) is 0 Å². The van der Waals surface area contributed by atoms with Gasteiger partial charge >= 0.3 is 0 Å². The SMILES string of the molecule is COc1cccc([C@H](c2nnnn2-c2c(C)cccc2C)N2CCN(CC=Cc3ccccc3)CC2)c1. The maximum Gasteiger partial charge on any atom is 0.178 e. The Balaban J connectivity index is 1.41. The zero-order valence-corrected chi connectivity index (χ0v) is 21.8. The van der Waals surface area contributed by atoms with Gasteiger partial charge in [0.2, 0.25) is 0 Å². The van der Waals surface area contributed by atoms with Gasteiger partial charge in [-0.3, -0.25) is 9.80 Å². The Morgan fingerprint density at radius 2 is 1.62 bits per heavy atom. The molecule has 3 aromatic carbocycles. The lowest BCUT2D eigenvalue weighted by Crippen LogP contribution is -2.48. The van der Waals surface area contributed by atoms with Gasteiger partial charge in [-0.15, -0.1) is 5.10 Å². The first kappa shape index (κ1) is 24.9. The number of aromatic nitrogens is 4. The van der Waals surface area contributed by atoms with Crippen LogP contribution in [0.3, 0.4) is 0 Å². The van der Waals surface area contributed by atoms with Crippen LogP contribution in [-0.2, 0) is 0 Å². The van der Waals surface area contributed by atoms with E-state index in [0.717, 1.165) is 66.7 Å². The molecule has 1 aromatic heterocycles. The molecule has 1 saturated heterocycles. The maximum absolute atomic E-state index is 5.57. The average molecular weight is 495 g/mol. The zero-order chi connectivity index (χ0) is 25.6. The van der Waals surface area contributed by atoms with Gasteiger partial charge in [-0.2, -0.15) is 4.68 Å². The van der Waals surface area contributed by atoms with E-state index in [0.29, 0.717) is 0 Å². The number of nitrogens with zero attached hydrogens (tertiary/aromatic N) is 6. The van der Waals surface area contributed by atoms with Crippen LogP contribution in [0, 0.1) is 13.8 Å². The Morgan fingerprint density at radius 1 is 0.892 bits per heavy atom. The van der Waals surface area contributed by atoms with Crippen molar-refractivity contribution in [3.63, 3.8) is 0 Å². The van der Waals surface area contributed by atoms with E-state index in [1.54, 1.807) is 7.11 Å². The van der Waals surface area contributed by atoms with Crippen molar-refractivity contribution in [3.05, 3.63) is 107 Å². The van der Waals surface area contributed by atoms with E-state index in [1.165, 1.54) is 5.56 Å². The van der Waals surface area contributed by atoms with E-state index in [4.69, 9.17) is 4.74 Å². The Kier molecular flexibility index (Phi) is 7.73. The molecular weight excluding hydrogens is 460 g/mol. The molecule has 0 aliphatic carbocycles. The summed E-state index contributed by atoms with van der Waals surface area (Å²) < 4.78 is 7.49. The fourth-order valence-corrected chi connectivity index (χ4v) is 5.10. The quantitative estimate of drug-likeness (QED) is 0.354. The third-order valence-electron chi connectivity index (χ3n) is 7.04. The van der Waals surface area contributed by atoms with E-state index >= 15 is 0 Å². The molecule has 190 valence electrons. The summed E-state index contributed by atoms with van der Waals surface area (Å²) >= 11 is 0. The fraction of sp³-hybridized carbons (Fsp3) is 0.300. The van der Waals surface area contributed by atoms with Crippen molar-refractivity contribution in [2.24, 2.45) is 0 Å². The summed E-state index contributed by atoms with van der Waals surface area (Å²) in [5, 5.41) is 13.2. The van der Waals surface area contributed by atoms with Crippen LogP contribution in [0.4, 0.5) is 0 Å². The summed E-state index contributed by atoms with van der Waals surface area (Å²) in [4.78, 5) is 4.98. The van der Waals surface area contributed by atoms with Crippen LogP contribution in [0.25, 0.3) is 11.8 Å². The third kappa shape index (κ3) is 5.63. The topological polar surface area (TPSA) is 59.3 Å². The van der Waals surface area contributed by atoms with Crippen LogP contribution < -0.4 is 4.74 Å². The maximum atomic E-state index is 5.57. The lowest BCUT2D eigenvalue weighted by molar-refractivity contribution is 0.113. The number of piperazine rings is 1. The number of aryl methyl sites for hydroxylation is 2. The molecule has 5 rings (SSSR count). The molecule has 0 amide bonds. The van der Waals surface area contributed by atoms with Crippen molar-refractivity contribution in [1.82, 2.24) is 30.0 Å². The van der Waals surface area contributed by atoms with Gasteiger partial charge in [0.15, 0.2) is 5.82 Å². The second-order valence-electron chi connectivity index (χ2n) is 9.52. The molecule has 0 spiro atoms. The molecule has 1 aliphatic rings. The second kappa shape index (κ2) is 11.5. The number of para-hydroxylation sites is 1. The standard InChI is InChI=1S/C30H34N6O/c1-23-10-7-11-24(2)28(23)36-30(31-32-33-36)29(26-15-8-16-27(22-26)37-3)35-20-18-34(19-21-35)17-9-14-25-12-5-4-6-13-25/h4-16,22,29H,17-21H2,1-3H3/t29-/m1/s1. The number of hydrogen-bond acceptors (Lipinski definition) is 6. The van der Waals surface area contributed by atoms with E-state index in [1.807, 2.05) is 22.9 Å². The summed E-state index contributed by atoms with van der Waals surface area (Å²) in [6, 6.07) is 24.9. The molecular formula is C30H34N6O. The van der Waals surface area contributed by atoms with Gasteiger partial charge in [-0.1, -0.05) is 72.8 Å². The Bertz CT molecular complexity index is 1320. The minimum atomic E-state index is -0.0916. The van der Waals surface area contributed by atoms with Crippen molar-refractivity contribution < 1.29 is 4.74 Å². The van der Waals surface area contributed by atoms with Crippen molar-refractivity contribution in [2.45, 2.75) is 19.9 Å². The summed E-state index contributed by atoms with van der Waals surface area (Å²) in [5.74, 6) is 1.65. The van der Waals surface area contributed by atoms with Crippen LogP contribution in [0.1, 0.15) is 34.1 Å². The Labute approximate surface area is 219 Å². The molecule has 0 saturated carbocycles. The fourth-order valence-electron chi connectivity index (χ4n) is 5.10. The van der Waals surface area contributed by atoms with E-state index in [-0.39, 0.29) is 6.04 Å². The number of ether oxygens (including phenoxy) is 1. The molecule has 37 heavy (non-hydrogen) atoms. The van der Waals surface area contributed by atoms with Crippen molar-refractivity contribution in [3.8, 4) is 11.4 Å². The van der Waals surface area contributed by atoms with Gasteiger partial charge in [0.05, 0.1) is 18.8 Å². The molecule has 0 unspecified atom stereocenters. The van der Waals surface area contributed by atoms with Gasteiger partial charge in [0, 0.05) is 32.7 Å². The van der Waals surface area contributed by atoms with Crippen molar-refractivity contribution in [1.29, 1.82) is 0 Å². The van der Waals surface area contributed by atoms with Crippen LogP contribution in [-0.4, -0.2) is 69.8 Å². The Morgan fingerprint density at radius 3 is 2.35 bits per heavy atom. The van der Waals surface area contributed by atoms with Gasteiger partial charge < -0.3 is 4.74 Å². The molecule has 7 heteroatoms. The normalized spacial score (nSPS) is 15.8. The highest BCUT2D eigenvalue weighted by atomic mass is 16.5. The minimum Gasteiger partial charge on any atom is -0.497 e. The Hall–Kier alpha value is -3.81. The molecule has 2 heterocycles. The highest BCUT2D eigenvalue weighted by Gasteiger charge is 2.31. The van der Waals surface area contributed by atoms with E-state index in [2.05, 4.69) is 106 Å². The van der Waals surface area contributed by atoms with Gasteiger partial charge in [-0.25, -0.2) is 0 Å². The summed E-state index contributed by atoms with van der Waals surface area (Å²) in [7, 11) is 1.70. The largest absolute Gasteiger partial charge is 0.497 e. The lowest BCUT2D eigenvalue weighted by Gasteiger charge is -2.38. The molecule has 4 aromatic rings. The molecule has 7 nitrogen and oxygen atoms in total. The minimum absolute atomic E-state index is 0.0916. The van der Waals surface area contributed by atoms with Crippen LogP contribution >= 0.6 is 0 Å². The van der Waals surface area contributed by atoms with Gasteiger partial charge in [-0.05, 0) is 58.7 Å². The molecule has 0 N–H and O–H groups in total. The predicted molar refractivity (Wildman–Crippen MR) is 147 cm³/mol. The van der Waals surface area contributed by atoms with E-state index in [9.17, 15) is 0 Å². The molecule has 1 aliphatic heterocycles. The van der Waals surface area contributed by atoms with E-state index < -0.39 is 0 Å². The van der Waals surface area contributed by atoms with Crippen molar-refractivity contribution >= 4 is 6.08 Å². The molecule has 0 radical (unpaired) electrons. The molecule has 0 bridgehead atoms. The van der Waals surface area contributed by atoms with Crippen LogP contribution in [0.5, 0.6) is 5.75 Å². The zero-order valence-electron chi connectivity index (χ0n) is 21.8. The average Bonchev–Trinajstić information content (AvgIpc) is 3.39. The second-order valence-corrected chi connectivity index (χ2v) is 9.52. The molecule has 1 fully saturated rings. The number of methoxy groups -OCH3 is 1. The number of rotatable bonds is 8. The van der Waals surface area contributed by atoms with Gasteiger partial charge in [0.25, 0.3) is 0 Å². The first-order valence-corrected chi connectivity index (χ1v) is 12.8. The predicted octanol–water partition coefficient (Wildman–Crippen LogP) is 4.71. The first-order valence-electron chi connectivity index (χ1n) is 12.8. The monoisotopic (exact) mass is 494 g/mol. The first-order chi connectivity index (χ1) is 18.1. The number of tetrazole rings is 1. The lowest BCUT2D eigenvalue weighted by atomic mass is 10.0. The van der Waals surface area contributed by atoms with Crippen molar-refractivity contribution in [2.75, 3.05) is 39.8 Å². The third-order valence-corrected chi connectivity index (χ3v) is 7.04. The molecule has 1 atom stereocenters. The summed E-state index contributed by atoms with van der Waals surface area (Å²) in [6.07, 6.45) is 4.45. The smallest absolute Gasteiger partial charge is 0.178 e. The summed E-state index contributed by atoms with van der Waals surface area (Å²) in [6.45, 7) is 8.94. The highest BCUT2D eigenvalue weighted by molar-refractivity contribution is 5.49. The number of benzene rings is 3. The summed E-state index contributed by atoms with van der Waals surface area (Å²) in [5.41, 5.74) is 5.69. The highest BCUT2D eigenvalue weighted by Crippen LogP contribution is 2.32. The van der Waals surface area contributed by atoms with Crippen LogP contribution in [0.15, 0.2) is 78.9 Å². The number of hydrogen-bond donors (Lipinski definition) is 0. The van der Waals surface area contributed by atoms with Gasteiger partial charge in [0.1, 0.15) is 5.75 Å².